The summed E-state index contributed by atoms with van der Waals surface area (Å²) in [7, 11) is 0. The third-order valence-electron chi connectivity index (χ3n) is 2.88. The quantitative estimate of drug-likeness (QED) is 0.852. The van der Waals surface area contributed by atoms with Gasteiger partial charge in [0.2, 0.25) is 0 Å². The van der Waals surface area contributed by atoms with Gasteiger partial charge in [0, 0.05) is 19.1 Å². The Hall–Kier alpha value is -1.46. The molecule has 3 nitrogen and oxygen atoms in total. The highest BCUT2D eigenvalue weighted by Crippen LogP contribution is 2.33. The van der Waals surface area contributed by atoms with Crippen LogP contribution in [0.3, 0.4) is 0 Å². The summed E-state index contributed by atoms with van der Waals surface area (Å²) in [6, 6.07) is 2.27. The average Bonchev–Trinajstić information content (AvgIpc) is 2.34. The Labute approximate surface area is 118 Å². The minimum Gasteiger partial charge on any atom is -0.370 e. The third kappa shape index (κ3) is 4.28. The summed E-state index contributed by atoms with van der Waals surface area (Å²) in [5.74, 6) is 0.631. The molecule has 20 heavy (non-hydrogen) atoms. The van der Waals surface area contributed by atoms with Crippen LogP contribution in [-0.2, 0) is 6.18 Å². The second kappa shape index (κ2) is 6.81. The molecule has 0 radical (unpaired) electrons. The summed E-state index contributed by atoms with van der Waals surface area (Å²) in [6.07, 6.45) is -3.51. The molecule has 0 unspecified atom stereocenters. The lowest BCUT2D eigenvalue weighted by atomic mass is 10.2. The topological polar surface area (TPSA) is 28.2 Å². The van der Waals surface area contributed by atoms with E-state index in [4.69, 9.17) is 0 Å². The average molecular weight is 289 g/mol. The van der Waals surface area contributed by atoms with Crippen LogP contribution in [0.15, 0.2) is 12.1 Å². The molecular weight excluding hydrogens is 267 g/mol. The van der Waals surface area contributed by atoms with Gasteiger partial charge in [0.1, 0.15) is 11.6 Å². The molecule has 1 N–H and O–H groups in total. The maximum absolute atomic E-state index is 13.0. The minimum atomic E-state index is -4.36. The first-order valence-corrected chi connectivity index (χ1v) is 6.89. The Kier molecular flexibility index (Phi) is 5.65. The number of anilines is 2. The van der Waals surface area contributed by atoms with Crippen LogP contribution in [0.2, 0.25) is 0 Å². The van der Waals surface area contributed by atoms with Crippen molar-refractivity contribution in [3.05, 3.63) is 17.7 Å². The van der Waals surface area contributed by atoms with Crippen LogP contribution in [0.25, 0.3) is 0 Å². The summed E-state index contributed by atoms with van der Waals surface area (Å²) in [4.78, 5) is 6.18. The van der Waals surface area contributed by atoms with E-state index >= 15 is 0 Å². The van der Waals surface area contributed by atoms with Crippen LogP contribution in [-0.4, -0.2) is 24.1 Å². The van der Waals surface area contributed by atoms with Gasteiger partial charge >= 0.3 is 6.18 Å². The van der Waals surface area contributed by atoms with Crippen LogP contribution in [0.4, 0.5) is 24.8 Å². The SMILES string of the molecule is CCCN(c1cc(C(F)(F)F)cc(NCC)n1)C(C)C. The van der Waals surface area contributed by atoms with E-state index in [9.17, 15) is 13.2 Å². The van der Waals surface area contributed by atoms with Crippen LogP contribution >= 0.6 is 0 Å². The maximum atomic E-state index is 13.0. The number of nitrogens with one attached hydrogen (secondary N) is 1. The van der Waals surface area contributed by atoms with Crippen molar-refractivity contribution in [3.8, 4) is 0 Å². The summed E-state index contributed by atoms with van der Waals surface area (Å²) in [6.45, 7) is 8.93. The molecule has 0 aromatic carbocycles. The summed E-state index contributed by atoms with van der Waals surface area (Å²) in [5.41, 5.74) is -0.666. The fraction of sp³-hybridized carbons (Fsp3) is 0.643. The number of pyridine rings is 1. The number of aromatic nitrogens is 1. The van der Waals surface area contributed by atoms with Gasteiger partial charge in [0.05, 0.1) is 5.56 Å². The van der Waals surface area contributed by atoms with Crippen LogP contribution < -0.4 is 10.2 Å². The zero-order valence-corrected chi connectivity index (χ0v) is 12.4. The third-order valence-corrected chi connectivity index (χ3v) is 2.88. The number of halogens is 3. The van der Waals surface area contributed by atoms with Crippen molar-refractivity contribution in [2.45, 2.75) is 46.3 Å². The van der Waals surface area contributed by atoms with E-state index in [1.54, 1.807) is 0 Å². The molecule has 0 bridgehead atoms. The number of hydrogen-bond donors (Lipinski definition) is 1. The number of rotatable bonds is 6. The van der Waals surface area contributed by atoms with E-state index in [0.717, 1.165) is 18.6 Å². The van der Waals surface area contributed by atoms with Gasteiger partial charge in [0.25, 0.3) is 0 Å². The monoisotopic (exact) mass is 289 g/mol. The van der Waals surface area contributed by atoms with Gasteiger partial charge in [-0.25, -0.2) is 4.98 Å². The fourth-order valence-corrected chi connectivity index (χ4v) is 1.98. The lowest BCUT2D eigenvalue weighted by Gasteiger charge is -2.28. The summed E-state index contributed by atoms with van der Waals surface area (Å²) >= 11 is 0. The maximum Gasteiger partial charge on any atom is 0.416 e. The first-order valence-electron chi connectivity index (χ1n) is 6.89. The molecule has 1 aromatic rings. The lowest BCUT2D eigenvalue weighted by molar-refractivity contribution is -0.137. The predicted molar refractivity (Wildman–Crippen MR) is 76.2 cm³/mol. The Balaban J connectivity index is 3.26. The van der Waals surface area contributed by atoms with Crippen molar-refractivity contribution < 1.29 is 13.2 Å². The molecule has 6 heteroatoms. The molecule has 1 heterocycles. The molecule has 114 valence electrons. The van der Waals surface area contributed by atoms with Gasteiger partial charge in [-0.05, 0) is 39.3 Å². The molecular formula is C14H22F3N3. The highest BCUT2D eigenvalue weighted by molar-refractivity contribution is 5.51. The molecule has 0 atom stereocenters. The highest BCUT2D eigenvalue weighted by Gasteiger charge is 2.32. The van der Waals surface area contributed by atoms with E-state index < -0.39 is 11.7 Å². The molecule has 0 aliphatic heterocycles. The van der Waals surface area contributed by atoms with Crippen LogP contribution in [0.1, 0.15) is 39.7 Å². The first kappa shape index (κ1) is 16.6. The Morgan fingerprint density at radius 3 is 2.35 bits per heavy atom. The second-order valence-corrected chi connectivity index (χ2v) is 4.91. The predicted octanol–water partition coefficient (Wildman–Crippen LogP) is 4.16. The molecule has 0 saturated heterocycles. The van der Waals surface area contributed by atoms with Crippen molar-refractivity contribution in [1.82, 2.24) is 4.98 Å². The Morgan fingerprint density at radius 1 is 1.25 bits per heavy atom. The van der Waals surface area contributed by atoms with Gasteiger partial charge < -0.3 is 10.2 Å². The zero-order chi connectivity index (χ0) is 15.3. The Morgan fingerprint density at radius 2 is 1.90 bits per heavy atom. The number of nitrogens with zero attached hydrogens (tertiary/aromatic N) is 2. The number of hydrogen-bond acceptors (Lipinski definition) is 3. The molecule has 1 aromatic heterocycles. The first-order chi connectivity index (χ1) is 9.29. The van der Waals surface area contributed by atoms with Crippen LogP contribution in [0.5, 0.6) is 0 Å². The van der Waals surface area contributed by atoms with Crippen molar-refractivity contribution in [1.29, 1.82) is 0 Å². The molecule has 0 saturated carbocycles. The fourth-order valence-electron chi connectivity index (χ4n) is 1.98. The summed E-state index contributed by atoms with van der Waals surface area (Å²) < 4.78 is 38.9. The van der Waals surface area contributed by atoms with E-state index in [1.807, 2.05) is 32.6 Å². The normalized spacial score (nSPS) is 11.8. The molecule has 0 aliphatic carbocycles. The van der Waals surface area contributed by atoms with Gasteiger partial charge in [0.15, 0.2) is 0 Å². The van der Waals surface area contributed by atoms with E-state index in [1.165, 1.54) is 0 Å². The van der Waals surface area contributed by atoms with Crippen molar-refractivity contribution in [2.75, 3.05) is 23.3 Å². The highest BCUT2D eigenvalue weighted by atomic mass is 19.4. The zero-order valence-electron chi connectivity index (χ0n) is 12.4. The largest absolute Gasteiger partial charge is 0.416 e. The van der Waals surface area contributed by atoms with E-state index in [-0.39, 0.29) is 11.9 Å². The minimum absolute atomic E-state index is 0.0976. The molecule has 1 rings (SSSR count). The van der Waals surface area contributed by atoms with Crippen molar-refractivity contribution >= 4 is 11.6 Å². The van der Waals surface area contributed by atoms with E-state index in [2.05, 4.69) is 10.3 Å². The molecule has 0 aliphatic rings. The van der Waals surface area contributed by atoms with Crippen molar-refractivity contribution in [2.24, 2.45) is 0 Å². The van der Waals surface area contributed by atoms with Crippen molar-refractivity contribution in [3.63, 3.8) is 0 Å². The second-order valence-electron chi connectivity index (χ2n) is 4.91. The standard InChI is InChI=1S/C14H22F3N3/c1-5-7-20(10(3)4)13-9-11(14(15,16)17)8-12(19-13)18-6-2/h8-10H,5-7H2,1-4H3,(H,18,19). The summed E-state index contributed by atoms with van der Waals surface area (Å²) in [5, 5.41) is 2.86. The van der Waals surface area contributed by atoms with Crippen LogP contribution in [0, 0.1) is 0 Å². The molecule has 0 fully saturated rings. The molecule has 0 spiro atoms. The molecule has 0 amide bonds. The van der Waals surface area contributed by atoms with Gasteiger partial charge in [-0.3, -0.25) is 0 Å². The number of alkyl halides is 3. The van der Waals surface area contributed by atoms with Gasteiger partial charge in [-0.15, -0.1) is 0 Å². The smallest absolute Gasteiger partial charge is 0.370 e. The van der Waals surface area contributed by atoms with Gasteiger partial charge in [-0.1, -0.05) is 6.92 Å². The Bertz CT molecular complexity index is 430. The van der Waals surface area contributed by atoms with E-state index in [0.29, 0.717) is 18.9 Å². The van der Waals surface area contributed by atoms with Gasteiger partial charge in [-0.2, -0.15) is 13.2 Å². The lowest BCUT2D eigenvalue weighted by Crippen LogP contribution is -2.32.